The maximum Gasteiger partial charge on any atom is 0.164 e. The van der Waals surface area contributed by atoms with Crippen molar-refractivity contribution >= 4 is 27.8 Å². The van der Waals surface area contributed by atoms with Gasteiger partial charge in [-0.05, 0) is 63.0 Å². The zero-order chi connectivity index (χ0) is 37.6. The Kier molecular flexibility index (Phi) is 8.11. The first-order valence-corrected chi connectivity index (χ1v) is 19.1. The van der Waals surface area contributed by atoms with Gasteiger partial charge in [-0.15, -0.1) is 0 Å². The fraction of sp³-hybridized carbons (Fsp3) is 0.0577. The van der Waals surface area contributed by atoms with Crippen LogP contribution in [0.5, 0.6) is 0 Å². The van der Waals surface area contributed by atoms with E-state index >= 15 is 0 Å². The quantitative estimate of drug-likeness (QED) is 0.165. The third kappa shape index (κ3) is 5.66. The number of nitrogens with zero attached hydrogens (tertiary/aromatic N) is 4. The minimum Gasteiger partial charge on any atom is -0.310 e. The van der Waals surface area contributed by atoms with Crippen LogP contribution in [0.15, 0.2) is 194 Å². The molecule has 1 aliphatic rings. The summed E-state index contributed by atoms with van der Waals surface area (Å²) in [7, 11) is 0. The van der Waals surface area contributed by atoms with Crippen molar-refractivity contribution in [1.29, 1.82) is 0 Å². The van der Waals surface area contributed by atoms with Gasteiger partial charge in [-0.3, -0.25) is 0 Å². The van der Waals surface area contributed by atoms with Gasteiger partial charge in [0.05, 0.1) is 11.4 Å². The average Bonchev–Trinajstić information content (AvgIpc) is 3.51. The van der Waals surface area contributed by atoms with Crippen molar-refractivity contribution in [2.75, 3.05) is 4.90 Å². The fourth-order valence-electron chi connectivity index (χ4n) is 8.46. The van der Waals surface area contributed by atoms with E-state index in [1.54, 1.807) is 0 Å². The molecule has 1 aliphatic carbocycles. The molecule has 0 bridgehead atoms. The van der Waals surface area contributed by atoms with Gasteiger partial charge in [0.2, 0.25) is 0 Å². The summed E-state index contributed by atoms with van der Waals surface area (Å²) < 4.78 is 0. The molecule has 1 aromatic heterocycles. The van der Waals surface area contributed by atoms with Crippen molar-refractivity contribution in [3.05, 3.63) is 205 Å². The maximum absolute atomic E-state index is 5.13. The topological polar surface area (TPSA) is 41.9 Å². The van der Waals surface area contributed by atoms with Gasteiger partial charge in [0, 0.05) is 33.2 Å². The van der Waals surface area contributed by atoms with Gasteiger partial charge < -0.3 is 4.90 Å². The van der Waals surface area contributed by atoms with Crippen LogP contribution in [0, 0.1) is 0 Å². The van der Waals surface area contributed by atoms with Crippen molar-refractivity contribution in [3.63, 3.8) is 0 Å². The summed E-state index contributed by atoms with van der Waals surface area (Å²) in [5.74, 6) is 1.92. The van der Waals surface area contributed by atoms with Crippen molar-refractivity contribution in [2.24, 2.45) is 0 Å². The molecular weight excluding hydrogens is 681 g/mol. The first-order valence-electron chi connectivity index (χ1n) is 19.1. The molecule has 0 saturated carbocycles. The zero-order valence-corrected chi connectivity index (χ0v) is 31.3. The Balaban J connectivity index is 1.20. The van der Waals surface area contributed by atoms with Gasteiger partial charge in [-0.2, -0.15) is 0 Å². The van der Waals surface area contributed by atoms with E-state index in [4.69, 9.17) is 15.0 Å². The van der Waals surface area contributed by atoms with Crippen LogP contribution >= 0.6 is 0 Å². The number of benzene rings is 8. The molecule has 0 amide bonds. The predicted octanol–water partition coefficient (Wildman–Crippen LogP) is 13.5. The molecule has 0 N–H and O–H groups in total. The van der Waals surface area contributed by atoms with Crippen LogP contribution in [0.2, 0.25) is 0 Å². The molecule has 8 aromatic carbocycles. The van der Waals surface area contributed by atoms with E-state index in [2.05, 4.69) is 152 Å². The lowest BCUT2D eigenvalue weighted by Gasteiger charge is -2.33. The fourth-order valence-corrected chi connectivity index (χ4v) is 8.46. The van der Waals surface area contributed by atoms with Crippen molar-refractivity contribution in [2.45, 2.75) is 19.3 Å². The lowest BCUT2D eigenvalue weighted by molar-refractivity contribution is 0.661. The highest BCUT2D eigenvalue weighted by Crippen LogP contribution is 2.54. The van der Waals surface area contributed by atoms with Crippen molar-refractivity contribution < 1.29 is 0 Å². The molecule has 0 fully saturated rings. The maximum atomic E-state index is 5.13. The average molecular weight is 719 g/mol. The van der Waals surface area contributed by atoms with E-state index in [0.29, 0.717) is 17.5 Å². The van der Waals surface area contributed by atoms with E-state index < -0.39 is 0 Å². The highest BCUT2D eigenvalue weighted by atomic mass is 15.1. The molecule has 1 heterocycles. The molecule has 0 unspecified atom stereocenters. The summed E-state index contributed by atoms with van der Waals surface area (Å²) in [4.78, 5) is 17.7. The second kappa shape index (κ2) is 13.6. The van der Waals surface area contributed by atoms with E-state index in [9.17, 15) is 0 Å². The van der Waals surface area contributed by atoms with E-state index in [1.165, 1.54) is 33.4 Å². The highest BCUT2D eigenvalue weighted by Gasteiger charge is 2.39. The molecule has 0 atom stereocenters. The monoisotopic (exact) mass is 718 g/mol. The summed E-state index contributed by atoms with van der Waals surface area (Å²) in [5, 5.41) is 2.17. The van der Waals surface area contributed by atoms with Gasteiger partial charge in [-0.1, -0.05) is 184 Å². The van der Waals surface area contributed by atoms with Crippen LogP contribution in [0.3, 0.4) is 0 Å². The summed E-state index contributed by atoms with van der Waals surface area (Å²) in [6.07, 6.45) is 0. The predicted molar refractivity (Wildman–Crippen MR) is 231 cm³/mol. The molecule has 0 radical (unpaired) electrons. The van der Waals surface area contributed by atoms with Crippen LogP contribution in [0.25, 0.3) is 67.2 Å². The number of rotatable bonds is 7. The van der Waals surface area contributed by atoms with Crippen LogP contribution in [0.1, 0.15) is 25.0 Å². The SMILES string of the molecule is CC1(C)c2ccccc2-c2cccc(N(c3ccc(-c4ccccc4)cc3)c3cccc4c(-c5nc(-c6ccccc6)nc(-c6ccccc6)n5)cccc34)c21. The Labute approximate surface area is 327 Å². The van der Waals surface area contributed by atoms with Crippen LogP contribution in [-0.4, -0.2) is 15.0 Å². The molecule has 0 aliphatic heterocycles. The Morgan fingerprint density at radius 1 is 0.357 bits per heavy atom. The Morgan fingerprint density at radius 2 is 0.839 bits per heavy atom. The van der Waals surface area contributed by atoms with Crippen LogP contribution < -0.4 is 4.90 Å². The van der Waals surface area contributed by atoms with Crippen molar-refractivity contribution in [3.8, 4) is 56.4 Å². The van der Waals surface area contributed by atoms with Crippen LogP contribution in [-0.2, 0) is 5.41 Å². The minimum atomic E-state index is -0.215. The zero-order valence-electron chi connectivity index (χ0n) is 31.3. The molecule has 266 valence electrons. The largest absolute Gasteiger partial charge is 0.310 e. The summed E-state index contributed by atoms with van der Waals surface area (Å²) >= 11 is 0. The lowest BCUT2D eigenvalue weighted by atomic mass is 9.81. The number of hydrogen-bond acceptors (Lipinski definition) is 4. The van der Waals surface area contributed by atoms with Crippen LogP contribution in [0.4, 0.5) is 17.1 Å². The molecular formula is C52H38N4. The molecule has 56 heavy (non-hydrogen) atoms. The number of anilines is 3. The molecule has 10 rings (SSSR count). The smallest absolute Gasteiger partial charge is 0.164 e. The molecule has 0 spiro atoms. The Bertz CT molecular complexity index is 2810. The second-order valence-corrected chi connectivity index (χ2v) is 14.8. The summed E-state index contributed by atoms with van der Waals surface area (Å²) in [6.45, 7) is 4.71. The van der Waals surface area contributed by atoms with Gasteiger partial charge >= 0.3 is 0 Å². The number of aromatic nitrogens is 3. The van der Waals surface area contributed by atoms with Gasteiger partial charge in [0.15, 0.2) is 17.5 Å². The third-order valence-electron chi connectivity index (χ3n) is 11.1. The highest BCUT2D eigenvalue weighted by molar-refractivity contribution is 6.06. The number of hydrogen-bond donors (Lipinski definition) is 0. The molecule has 0 saturated heterocycles. The van der Waals surface area contributed by atoms with Gasteiger partial charge in [-0.25, -0.2) is 15.0 Å². The van der Waals surface area contributed by atoms with Gasteiger partial charge in [0.25, 0.3) is 0 Å². The normalized spacial score (nSPS) is 12.6. The second-order valence-electron chi connectivity index (χ2n) is 14.8. The molecule has 4 heteroatoms. The van der Waals surface area contributed by atoms with Crippen molar-refractivity contribution in [1.82, 2.24) is 15.0 Å². The first-order chi connectivity index (χ1) is 27.5. The van der Waals surface area contributed by atoms with Gasteiger partial charge in [0.1, 0.15) is 0 Å². The Morgan fingerprint density at radius 3 is 1.52 bits per heavy atom. The first kappa shape index (κ1) is 33.4. The third-order valence-corrected chi connectivity index (χ3v) is 11.1. The molecule has 4 nitrogen and oxygen atoms in total. The number of fused-ring (bicyclic) bond motifs is 4. The van der Waals surface area contributed by atoms with E-state index in [1.807, 2.05) is 60.7 Å². The Hall–Kier alpha value is -7.17. The standard InChI is InChI=1S/C52H38N4/c1-52(2)45-28-13-12-23-41(45)43-26-16-30-47(48(43)52)56(39-33-31-36(32-34-39)35-17-6-3-7-18-35)46-29-15-24-40-42(46)25-14-27-44(40)51-54-49(37-19-8-4-9-20-37)53-50(55-51)38-21-10-5-11-22-38/h3-34H,1-2H3. The van der Waals surface area contributed by atoms with E-state index in [0.717, 1.165) is 44.5 Å². The van der Waals surface area contributed by atoms with E-state index in [-0.39, 0.29) is 5.41 Å². The molecule has 9 aromatic rings. The lowest BCUT2D eigenvalue weighted by Crippen LogP contribution is -2.20. The minimum absolute atomic E-state index is 0.215. The summed E-state index contributed by atoms with van der Waals surface area (Å²) in [5.41, 5.74) is 13.6. The summed E-state index contributed by atoms with van der Waals surface area (Å²) in [6, 6.07) is 68.5.